The van der Waals surface area contributed by atoms with E-state index < -0.39 is 0 Å². The van der Waals surface area contributed by atoms with Gasteiger partial charge in [-0.25, -0.2) is 4.79 Å². The van der Waals surface area contributed by atoms with Crippen LogP contribution in [0.1, 0.15) is 68.9 Å². The highest BCUT2D eigenvalue weighted by atomic mass is 16.5. The van der Waals surface area contributed by atoms with Gasteiger partial charge < -0.3 is 9.47 Å². The van der Waals surface area contributed by atoms with Gasteiger partial charge in [0.25, 0.3) is 0 Å². The molecule has 0 saturated carbocycles. The van der Waals surface area contributed by atoms with Crippen molar-refractivity contribution in [3.63, 3.8) is 0 Å². The molecule has 0 saturated heterocycles. The molecule has 0 N–H and O–H groups in total. The van der Waals surface area contributed by atoms with E-state index in [-0.39, 0.29) is 16.8 Å². The zero-order valence-corrected chi connectivity index (χ0v) is 23.9. The van der Waals surface area contributed by atoms with Crippen LogP contribution >= 0.6 is 0 Å². The number of hydrogen-bond acceptors (Lipinski definition) is 3. The van der Waals surface area contributed by atoms with Gasteiger partial charge >= 0.3 is 5.97 Å². The van der Waals surface area contributed by atoms with Gasteiger partial charge in [-0.2, -0.15) is 0 Å². The molecule has 5 rings (SSSR count). The van der Waals surface area contributed by atoms with E-state index in [1.807, 2.05) is 43.3 Å². The molecule has 0 aromatic heterocycles. The Morgan fingerprint density at radius 3 is 1.90 bits per heavy atom. The van der Waals surface area contributed by atoms with E-state index in [2.05, 4.69) is 76.2 Å². The topological polar surface area (TPSA) is 35.5 Å². The maximum absolute atomic E-state index is 12.2. The lowest BCUT2D eigenvalue weighted by Crippen LogP contribution is -2.33. The van der Waals surface area contributed by atoms with E-state index in [1.54, 1.807) is 7.11 Å². The first-order valence-electron chi connectivity index (χ1n) is 13.8. The van der Waals surface area contributed by atoms with Gasteiger partial charge in [-0.15, -0.1) is 0 Å². The number of rotatable bonds is 6. The van der Waals surface area contributed by atoms with Gasteiger partial charge in [-0.3, -0.25) is 0 Å². The summed E-state index contributed by atoms with van der Waals surface area (Å²) >= 11 is 0. The Hall–Kier alpha value is -3.85. The van der Waals surface area contributed by atoms with Gasteiger partial charge in [0, 0.05) is 0 Å². The summed E-state index contributed by atoms with van der Waals surface area (Å²) in [7, 11) is 1.69. The second-order valence-electron chi connectivity index (χ2n) is 11.8. The molecular formula is C36H38O3. The Labute approximate surface area is 232 Å². The standard InChI is InChI=1S/C36H38O3/c1-7-39-34(37)26-10-8-24(9-11-26)27-14-18-30(25-12-16-29(38-6)17-13-25)31(22-27)28-15-19-32-33(23-28)36(4,5)21-20-35(32,2)3/h8-19,22-23H,7,20-21H2,1-6H3. The molecule has 3 heteroatoms. The molecule has 0 unspecified atom stereocenters. The monoisotopic (exact) mass is 518 g/mol. The summed E-state index contributed by atoms with van der Waals surface area (Å²) in [6.07, 6.45) is 2.37. The first-order chi connectivity index (χ1) is 18.6. The average molecular weight is 519 g/mol. The molecule has 0 heterocycles. The van der Waals surface area contributed by atoms with Crippen molar-refractivity contribution in [1.29, 1.82) is 0 Å². The fraction of sp³-hybridized carbons (Fsp3) is 0.306. The van der Waals surface area contributed by atoms with Crippen molar-refractivity contribution in [2.24, 2.45) is 0 Å². The summed E-state index contributed by atoms with van der Waals surface area (Å²) in [5.74, 6) is 0.551. The number of carbonyl (C=O) groups excluding carboxylic acids is 1. The number of ether oxygens (including phenoxy) is 2. The first-order valence-corrected chi connectivity index (χ1v) is 13.8. The van der Waals surface area contributed by atoms with Crippen LogP contribution in [0.3, 0.4) is 0 Å². The molecule has 0 fully saturated rings. The molecule has 39 heavy (non-hydrogen) atoms. The van der Waals surface area contributed by atoms with Gasteiger partial charge in [0.1, 0.15) is 5.75 Å². The summed E-state index contributed by atoms with van der Waals surface area (Å²) in [5.41, 5.74) is 10.7. The van der Waals surface area contributed by atoms with Crippen LogP contribution in [0.5, 0.6) is 5.75 Å². The molecule has 1 aliphatic rings. The summed E-state index contributed by atoms with van der Waals surface area (Å²) in [5, 5.41) is 0. The second kappa shape index (κ2) is 10.4. The maximum atomic E-state index is 12.2. The minimum atomic E-state index is -0.292. The Morgan fingerprint density at radius 2 is 1.26 bits per heavy atom. The van der Waals surface area contributed by atoms with E-state index in [0.29, 0.717) is 12.2 Å². The smallest absolute Gasteiger partial charge is 0.338 e. The molecule has 0 radical (unpaired) electrons. The van der Waals surface area contributed by atoms with Gasteiger partial charge in [0.2, 0.25) is 0 Å². The number of esters is 1. The van der Waals surface area contributed by atoms with Crippen molar-refractivity contribution in [2.45, 2.75) is 58.3 Å². The van der Waals surface area contributed by atoms with Crippen LogP contribution in [0.25, 0.3) is 33.4 Å². The Kier molecular flexibility index (Phi) is 7.11. The third kappa shape index (κ3) is 5.23. The summed E-state index contributed by atoms with van der Waals surface area (Å²) in [6, 6.07) is 29.7. The summed E-state index contributed by atoms with van der Waals surface area (Å²) in [6.45, 7) is 11.7. The molecule has 4 aromatic carbocycles. The minimum absolute atomic E-state index is 0.127. The van der Waals surface area contributed by atoms with E-state index in [9.17, 15) is 4.79 Å². The van der Waals surface area contributed by atoms with E-state index in [0.717, 1.165) is 22.4 Å². The fourth-order valence-electron chi connectivity index (χ4n) is 5.75. The normalized spacial score (nSPS) is 15.3. The third-order valence-corrected chi connectivity index (χ3v) is 8.31. The highest BCUT2D eigenvalue weighted by Gasteiger charge is 2.37. The Morgan fingerprint density at radius 1 is 0.667 bits per heavy atom. The van der Waals surface area contributed by atoms with E-state index >= 15 is 0 Å². The number of benzene rings is 4. The van der Waals surface area contributed by atoms with Crippen molar-refractivity contribution >= 4 is 5.97 Å². The zero-order chi connectivity index (χ0) is 27.8. The molecule has 0 bridgehead atoms. The van der Waals surface area contributed by atoms with Gasteiger partial charge in [-0.1, -0.05) is 82.3 Å². The van der Waals surface area contributed by atoms with Gasteiger partial charge in [-0.05, 0) is 105 Å². The van der Waals surface area contributed by atoms with Crippen molar-refractivity contribution in [3.8, 4) is 39.1 Å². The molecular weight excluding hydrogens is 480 g/mol. The van der Waals surface area contributed by atoms with Crippen molar-refractivity contribution < 1.29 is 14.3 Å². The third-order valence-electron chi connectivity index (χ3n) is 8.31. The summed E-state index contributed by atoms with van der Waals surface area (Å²) in [4.78, 5) is 12.2. The lowest BCUT2D eigenvalue weighted by atomic mass is 9.63. The molecule has 200 valence electrons. The quantitative estimate of drug-likeness (QED) is 0.239. The van der Waals surface area contributed by atoms with Crippen molar-refractivity contribution in [1.82, 2.24) is 0 Å². The molecule has 0 aliphatic heterocycles. The number of hydrogen-bond donors (Lipinski definition) is 0. The van der Waals surface area contributed by atoms with Crippen molar-refractivity contribution in [2.75, 3.05) is 13.7 Å². The van der Waals surface area contributed by atoms with Crippen LogP contribution in [0.15, 0.2) is 84.9 Å². The van der Waals surface area contributed by atoms with Gasteiger partial charge in [0.15, 0.2) is 0 Å². The highest BCUT2D eigenvalue weighted by Crippen LogP contribution is 2.47. The van der Waals surface area contributed by atoms with Gasteiger partial charge in [0.05, 0.1) is 19.3 Å². The fourth-order valence-corrected chi connectivity index (χ4v) is 5.75. The second-order valence-corrected chi connectivity index (χ2v) is 11.8. The lowest BCUT2D eigenvalue weighted by molar-refractivity contribution is 0.0526. The van der Waals surface area contributed by atoms with E-state index in [4.69, 9.17) is 9.47 Å². The van der Waals surface area contributed by atoms with Crippen LogP contribution in [0.4, 0.5) is 0 Å². The molecule has 0 atom stereocenters. The van der Waals surface area contributed by atoms with Crippen molar-refractivity contribution in [3.05, 3.63) is 102 Å². The number of fused-ring (bicyclic) bond motifs is 1. The lowest BCUT2D eigenvalue weighted by Gasteiger charge is -2.42. The Balaban J connectivity index is 1.65. The number of carbonyl (C=O) groups is 1. The van der Waals surface area contributed by atoms with Crippen LogP contribution < -0.4 is 4.74 Å². The van der Waals surface area contributed by atoms with Crippen LogP contribution in [0.2, 0.25) is 0 Å². The SMILES string of the molecule is CCOC(=O)c1ccc(-c2ccc(-c3ccc(OC)cc3)c(-c3ccc4c(c3)C(C)(C)CCC4(C)C)c2)cc1. The molecule has 4 aromatic rings. The van der Waals surface area contributed by atoms with E-state index in [1.165, 1.54) is 40.7 Å². The van der Waals surface area contributed by atoms with Crippen LogP contribution in [0, 0.1) is 0 Å². The van der Waals surface area contributed by atoms with Crippen LogP contribution in [-0.2, 0) is 15.6 Å². The molecule has 0 amide bonds. The predicted molar refractivity (Wildman–Crippen MR) is 161 cm³/mol. The largest absolute Gasteiger partial charge is 0.497 e. The molecule has 1 aliphatic carbocycles. The predicted octanol–water partition coefficient (Wildman–Crippen LogP) is 9.22. The minimum Gasteiger partial charge on any atom is -0.497 e. The zero-order valence-electron chi connectivity index (χ0n) is 23.9. The molecule has 0 spiro atoms. The van der Waals surface area contributed by atoms with Crippen LogP contribution in [-0.4, -0.2) is 19.7 Å². The highest BCUT2D eigenvalue weighted by molar-refractivity contribution is 5.91. The Bertz CT molecular complexity index is 1490. The summed E-state index contributed by atoms with van der Waals surface area (Å²) < 4.78 is 10.6. The molecule has 3 nitrogen and oxygen atoms in total. The first kappa shape index (κ1) is 26.7. The average Bonchev–Trinajstić information content (AvgIpc) is 2.95. The number of methoxy groups -OCH3 is 1. The maximum Gasteiger partial charge on any atom is 0.338 e.